The van der Waals surface area contributed by atoms with Gasteiger partial charge in [-0.1, -0.05) is 35.3 Å². The van der Waals surface area contributed by atoms with Crippen molar-refractivity contribution < 1.29 is 14.3 Å². The molecule has 6 N–H and O–H groups in total. The van der Waals surface area contributed by atoms with Crippen LogP contribution in [0.5, 0.6) is 5.75 Å². The fraction of sp³-hybridized carbons (Fsp3) is 0.0526. The van der Waals surface area contributed by atoms with Gasteiger partial charge < -0.3 is 10.1 Å². The van der Waals surface area contributed by atoms with Crippen molar-refractivity contribution in [3.8, 4) is 5.75 Å². The number of benzene rings is 3. The molecule has 10 heteroatoms. The van der Waals surface area contributed by atoms with Gasteiger partial charge in [-0.2, -0.15) is 0 Å². The highest BCUT2D eigenvalue weighted by Gasteiger charge is 2.20. The number of hydrazine groups is 2. The van der Waals surface area contributed by atoms with E-state index in [9.17, 15) is 9.59 Å². The first-order valence-corrected chi connectivity index (χ1v) is 9.03. The summed E-state index contributed by atoms with van der Waals surface area (Å²) in [5, 5.41) is 5.99. The Morgan fingerprint density at radius 1 is 1.03 bits per heavy atom. The van der Waals surface area contributed by atoms with E-state index in [1.165, 1.54) is 19.2 Å². The second-order valence-electron chi connectivity index (χ2n) is 5.98. The number of halogens is 2. The number of carbonyl (C=O) groups is 2. The zero-order valence-electron chi connectivity index (χ0n) is 15.2. The average Bonchev–Trinajstić information content (AvgIpc) is 2.72. The number of nitrogens with zero attached hydrogens (tertiary/aromatic N) is 1. The molecule has 8 nitrogen and oxygen atoms in total. The maximum absolute atomic E-state index is 12.8. The molecule has 0 spiro atoms. The van der Waals surface area contributed by atoms with Gasteiger partial charge in [0.2, 0.25) is 0 Å². The SMILES string of the molecule is COc1cc(NC(=O)c2ccc3cc(Cl)ccc3c2)c(N(N)C(=O)NN)cc1Cl. The Kier molecular flexibility index (Phi) is 6.09. The van der Waals surface area contributed by atoms with E-state index >= 15 is 0 Å². The molecule has 0 fully saturated rings. The number of hydrogen-bond acceptors (Lipinski definition) is 5. The molecule has 0 radical (unpaired) electrons. The van der Waals surface area contributed by atoms with Crippen LogP contribution in [0.1, 0.15) is 10.4 Å². The predicted octanol–water partition coefficient (Wildman–Crippen LogP) is 3.67. The molecule has 0 saturated heterocycles. The maximum atomic E-state index is 12.8. The van der Waals surface area contributed by atoms with E-state index in [1.807, 2.05) is 11.5 Å². The number of anilines is 2. The van der Waals surface area contributed by atoms with Crippen LogP contribution in [0.3, 0.4) is 0 Å². The molecule has 150 valence electrons. The molecule has 0 aliphatic heterocycles. The number of amides is 3. The van der Waals surface area contributed by atoms with Crippen LogP contribution in [0.2, 0.25) is 10.0 Å². The molecule has 3 aromatic rings. The van der Waals surface area contributed by atoms with E-state index in [4.69, 9.17) is 39.6 Å². The average molecular weight is 434 g/mol. The number of carbonyl (C=O) groups excluding carboxylic acids is 2. The largest absolute Gasteiger partial charge is 0.495 e. The summed E-state index contributed by atoms with van der Waals surface area (Å²) in [6, 6.07) is 12.6. The van der Waals surface area contributed by atoms with Gasteiger partial charge in [0.15, 0.2) is 0 Å². The molecular weight excluding hydrogens is 417 g/mol. The smallest absolute Gasteiger partial charge is 0.350 e. The molecule has 0 atom stereocenters. The zero-order valence-corrected chi connectivity index (χ0v) is 16.7. The maximum Gasteiger partial charge on any atom is 0.350 e. The third-order valence-electron chi connectivity index (χ3n) is 4.18. The highest BCUT2D eigenvalue weighted by molar-refractivity contribution is 6.33. The van der Waals surface area contributed by atoms with Crippen molar-refractivity contribution in [3.05, 3.63) is 64.1 Å². The molecule has 3 rings (SSSR count). The van der Waals surface area contributed by atoms with E-state index in [0.717, 1.165) is 15.8 Å². The lowest BCUT2D eigenvalue weighted by Gasteiger charge is -2.21. The fourth-order valence-corrected chi connectivity index (χ4v) is 3.15. The van der Waals surface area contributed by atoms with Crippen LogP contribution in [0.25, 0.3) is 10.8 Å². The lowest BCUT2D eigenvalue weighted by molar-refractivity contribution is 0.102. The van der Waals surface area contributed by atoms with Gasteiger partial charge in [0.25, 0.3) is 5.91 Å². The van der Waals surface area contributed by atoms with Crippen LogP contribution < -0.4 is 32.2 Å². The minimum absolute atomic E-state index is 0.125. The van der Waals surface area contributed by atoms with Crippen molar-refractivity contribution in [2.75, 3.05) is 17.4 Å². The fourth-order valence-electron chi connectivity index (χ4n) is 2.73. The molecule has 0 unspecified atom stereocenters. The van der Waals surface area contributed by atoms with Gasteiger partial charge in [0.05, 0.1) is 23.5 Å². The number of nitrogens with two attached hydrogens (primary N) is 2. The van der Waals surface area contributed by atoms with Gasteiger partial charge in [-0.3, -0.25) is 10.2 Å². The number of hydrogen-bond donors (Lipinski definition) is 4. The first-order chi connectivity index (χ1) is 13.8. The van der Waals surface area contributed by atoms with E-state index in [0.29, 0.717) is 16.3 Å². The summed E-state index contributed by atoms with van der Waals surface area (Å²) >= 11 is 12.1. The Balaban J connectivity index is 1.98. The lowest BCUT2D eigenvalue weighted by atomic mass is 10.1. The van der Waals surface area contributed by atoms with Crippen LogP contribution >= 0.6 is 23.2 Å². The molecule has 3 amide bonds. The first kappa shape index (κ1) is 20.7. The monoisotopic (exact) mass is 433 g/mol. The quantitative estimate of drug-likeness (QED) is 0.284. The molecule has 0 aliphatic rings. The van der Waals surface area contributed by atoms with Gasteiger partial charge in [0, 0.05) is 16.7 Å². The highest BCUT2D eigenvalue weighted by atomic mass is 35.5. The van der Waals surface area contributed by atoms with Crippen molar-refractivity contribution in [3.63, 3.8) is 0 Å². The molecule has 0 aliphatic carbocycles. The molecule has 0 bridgehead atoms. The van der Waals surface area contributed by atoms with Crippen molar-refractivity contribution in [2.24, 2.45) is 11.7 Å². The first-order valence-electron chi connectivity index (χ1n) is 8.27. The summed E-state index contributed by atoms with van der Waals surface area (Å²) < 4.78 is 5.18. The van der Waals surface area contributed by atoms with E-state index in [-0.39, 0.29) is 16.4 Å². The Bertz CT molecular complexity index is 1110. The van der Waals surface area contributed by atoms with Gasteiger partial charge in [-0.25, -0.2) is 21.5 Å². The van der Waals surface area contributed by atoms with Crippen LogP contribution in [-0.2, 0) is 0 Å². The Labute approximate surface area is 176 Å². The molecule has 3 aromatic carbocycles. The van der Waals surface area contributed by atoms with E-state index < -0.39 is 11.9 Å². The van der Waals surface area contributed by atoms with Crippen molar-refractivity contribution in [2.45, 2.75) is 0 Å². The number of methoxy groups -OCH3 is 1. The topological polar surface area (TPSA) is 123 Å². The van der Waals surface area contributed by atoms with E-state index in [1.54, 1.807) is 30.3 Å². The second kappa shape index (κ2) is 8.54. The van der Waals surface area contributed by atoms with Gasteiger partial charge >= 0.3 is 6.03 Å². The minimum atomic E-state index is -0.802. The Morgan fingerprint density at radius 2 is 1.72 bits per heavy atom. The lowest BCUT2D eigenvalue weighted by Crippen LogP contribution is -2.48. The standard InChI is InChI=1S/C19H17Cl2N5O3/c1-29-17-9-15(16(8-14(17)21)26(23)19(28)25-22)24-18(27)12-3-2-11-7-13(20)5-4-10(11)6-12/h2-9H,22-23H2,1H3,(H,24,27)(H,25,28). The van der Waals surface area contributed by atoms with Crippen LogP contribution in [0.15, 0.2) is 48.5 Å². The molecule has 29 heavy (non-hydrogen) atoms. The molecule has 0 heterocycles. The van der Waals surface area contributed by atoms with Gasteiger partial charge in [-0.15, -0.1) is 0 Å². The summed E-state index contributed by atoms with van der Waals surface area (Å²) in [7, 11) is 1.42. The number of rotatable bonds is 4. The third-order valence-corrected chi connectivity index (χ3v) is 4.72. The minimum Gasteiger partial charge on any atom is -0.495 e. The summed E-state index contributed by atoms with van der Waals surface area (Å²) in [4.78, 5) is 24.7. The third kappa shape index (κ3) is 4.36. The summed E-state index contributed by atoms with van der Waals surface area (Å²) in [6.45, 7) is 0. The number of nitrogens with one attached hydrogen (secondary N) is 2. The van der Waals surface area contributed by atoms with Gasteiger partial charge in [-0.05, 0) is 41.1 Å². The summed E-state index contributed by atoms with van der Waals surface area (Å²) in [5.74, 6) is 10.8. The Hall–Kier alpha value is -3.04. The van der Waals surface area contributed by atoms with Gasteiger partial charge in [0.1, 0.15) is 5.75 Å². The van der Waals surface area contributed by atoms with Crippen LogP contribution in [0, 0.1) is 0 Å². The Morgan fingerprint density at radius 3 is 2.41 bits per heavy atom. The van der Waals surface area contributed by atoms with Crippen molar-refractivity contribution >= 4 is 57.3 Å². The number of fused-ring (bicyclic) bond motifs is 1. The molecular formula is C19H17Cl2N5O3. The predicted molar refractivity (Wildman–Crippen MR) is 114 cm³/mol. The summed E-state index contributed by atoms with van der Waals surface area (Å²) in [5.41, 5.74) is 2.64. The second-order valence-corrected chi connectivity index (χ2v) is 6.83. The van der Waals surface area contributed by atoms with E-state index in [2.05, 4.69) is 5.32 Å². The number of urea groups is 1. The van der Waals surface area contributed by atoms with Crippen LogP contribution in [-0.4, -0.2) is 19.0 Å². The van der Waals surface area contributed by atoms with Crippen molar-refractivity contribution in [1.82, 2.24) is 5.43 Å². The number of ether oxygens (including phenoxy) is 1. The molecule has 0 saturated carbocycles. The zero-order chi connectivity index (χ0) is 21.1. The highest BCUT2D eigenvalue weighted by Crippen LogP contribution is 2.36. The summed E-state index contributed by atoms with van der Waals surface area (Å²) in [6.07, 6.45) is 0. The normalized spacial score (nSPS) is 10.5. The molecule has 0 aromatic heterocycles. The van der Waals surface area contributed by atoms with Crippen LogP contribution in [0.4, 0.5) is 16.2 Å². The van der Waals surface area contributed by atoms with Crippen molar-refractivity contribution in [1.29, 1.82) is 0 Å².